The summed E-state index contributed by atoms with van der Waals surface area (Å²) in [7, 11) is 1.99. The molecular weight excluding hydrogens is 562 g/mol. The van der Waals surface area contributed by atoms with Crippen molar-refractivity contribution in [3.05, 3.63) is 90.3 Å². The van der Waals surface area contributed by atoms with Gasteiger partial charge in [-0.2, -0.15) is 0 Å². The van der Waals surface area contributed by atoms with E-state index in [9.17, 15) is 9.59 Å². The molecule has 0 bridgehead atoms. The molecule has 8 nitrogen and oxygen atoms in total. The molecule has 1 saturated heterocycles. The summed E-state index contributed by atoms with van der Waals surface area (Å²) in [5.41, 5.74) is 1.57. The first-order valence-corrected chi connectivity index (χ1v) is 16.8. The Bertz CT molecular complexity index is 1070. The Balaban J connectivity index is 1.42. The van der Waals surface area contributed by atoms with Crippen molar-refractivity contribution >= 4 is 11.8 Å². The van der Waals surface area contributed by atoms with Crippen molar-refractivity contribution in [2.24, 2.45) is 0 Å². The number of rotatable bonds is 23. The van der Waals surface area contributed by atoms with Crippen LogP contribution in [0.2, 0.25) is 0 Å². The molecule has 45 heavy (non-hydrogen) atoms. The lowest BCUT2D eigenvalue weighted by molar-refractivity contribution is -0.121. The van der Waals surface area contributed by atoms with Crippen molar-refractivity contribution in [2.45, 2.75) is 64.7 Å². The highest BCUT2D eigenvalue weighted by Gasteiger charge is 2.11. The number of hydrogen-bond acceptors (Lipinski definition) is 6. The number of pyridine rings is 1. The zero-order valence-electron chi connectivity index (χ0n) is 27.8. The van der Waals surface area contributed by atoms with Crippen LogP contribution in [0.15, 0.2) is 79.1 Å². The molecule has 2 rings (SSSR count). The number of likely N-dealkylation sites (N-methyl/N-ethyl adjacent to an activating group) is 1. The van der Waals surface area contributed by atoms with Gasteiger partial charge in [-0.1, -0.05) is 67.7 Å². The highest BCUT2D eigenvalue weighted by atomic mass is 16.5. The molecule has 1 fully saturated rings. The average molecular weight is 620 g/mol. The molecule has 0 aliphatic carbocycles. The molecule has 2 N–H and O–H groups in total. The number of morpholine rings is 1. The molecule has 2 heterocycles. The minimum atomic E-state index is -0.114. The van der Waals surface area contributed by atoms with Crippen LogP contribution in [0, 0.1) is 0 Å². The molecule has 0 aromatic carbocycles. The van der Waals surface area contributed by atoms with E-state index in [0.717, 1.165) is 96.5 Å². The maximum absolute atomic E-state index is 12.5. The molecule has 0 radical (unpaired) electrons. The van der Waals surface area contributed by atoms with E-state index in [0.29, 0.717) is 31.6 Å². The van der Waals surface area contributed by atoms with Gasteiger partial charge in [-0.3, -0.25) is 19.5 Å². The van der Waals surface area contributed by atoms with Crippen LogP contribution in [0.5, 0.6) is 0 Å². The van der Waals surface area contributed by atoms with Crippen molar-refractivity contribution < 1.29 is 14.3 Å². The van der Waals surface area contributed by atoms with Gasteiger partial charge in [0.1, 0.15) is 0 Å². The number of carbonyl (C=O) groups excluding carboxylic acids is 2. The van der Waals surface area contributed by atoms with E-state index >= 15 is 0 Å². The Kier molecular flexibility index (Phi) is 21.8. The Labute approximate surface area is 272 Å². The molecule has 248 valence electrons. The standard InChI is InChI=1S/C37H57N5O3/c1-3-4-5-6-7-8-9-10-11-12-13-14-15-16-17-18-19-20-36(43)38-24-27-41(2)28-25-39-37(44)34-21-22-35(40-33-34)23-26-42-29-31-45-32-30-42/h4-5,7-8,10-11,13-14,16-17,21-22,33H,3,6,9,12,15,18-20,23-32H2,1-2H3,(H,38,43)(H,39,44). The van der Waals surface area contributed by atoms with Crippen LogP contribution in [-0.4, -0.2) is 92.7 Å². The zero-order chi connectivity index (χ0) is 32.2. The lowest BCUT2D eigenvalue weighted by Gasteiger charge is -2.26. The molecule has 8 heteroatoms. The number of ether oxygens (including phenoxy) is 1. The van der Waals surface area contributed by atoms with Crippen LogP contribution < -0.4 is 10.6 Å². The lowest BCUT2D eigenvalue weighted by Crippen LogP contribution is -2.37. The molecular formula is C37H57N5O3. The fraction of sp³-hybridized carbons (Fsp3) is 0.541. The minimum Gasteiger partial charge on any atom is -0.379 e. The second-order valence-corrected chi connectivity index (χ2v) is 11.3. The Morgan fingerprint density at radius 3 is 2.07 bits per heavy atom. The number of aromatic nitrogens is 1. The van der Waals surface area contributed by atoms with E-state index in [-0.39, 0.29) is 11.8 Å². The third-order valence-electron chi connectivity index (χ3n) is 7.40. The highest BCUT2D eigenvalue weighted by molar-refractivity contribution is 5.93. The second kappa shape index (κ2) is 25.9. The van der Waals surface area contributed by atoms with Gasteiger partial charge < -0.3 is 20.3 Å². The summed E-state index contributed by atoms with van der Waals surface area (Å²) in [6, 6.07) is 3.78. The van der Waals surface area contributed by atoms with Crippen LogP contribution in [-0.2, 0) is 16.0 Å². The Morgan fingerprint density at radius 2 is 1.47 bits per heavy atom. The summed E-state index contributed by atoms with van der Waals surface area (Å²) in [4.78, 5) is 33.6. The summed E-state index contributed by atoms with van der Waals surface area (Å²) in [5.74, 6) is -0.0265. The van der Waals surface area contributed by atoms with Crippen LogP contribution in [0.1, 0.15) is 74.3 Å². The van der Waals surface area contributed by atoms with Gasteiger partial charge in [-0.15, -0.1) is 0 Å². The van der Waals surface area contributed by atoms with Crippen molar-refractivity contribution in [2.75, 3.05) is 66.1 Å². The molecule has 1 aromatic heterocycles. The first-order valence-electron chi connectivity index (χ1n) is 16.8. The monoisotopic (exact) mass is 619 g/mol. The largest absolute Gasteiger partial charge is 0.379 e. The first kappa shape index (κ1) is 37.9. The fourth-order valence-electron chi connectivity index (χ4n) is 4.60. The SMILES string of the molecule is CCC=CCC=CCC=CCC=CCC=CCCCC(=O)NCCN(C)CCNC(=O)c1ccc(CCN2CCOCC2)nc1. The van der Waals surface area contributed by atoms with Gasteiger partial charge in [-0.25, -0.2) is 0 Å². The predicted octanol–water partition coefficient (Wildman–Crippen LogP) is 5.66. The predicted molar refractivity (Wildman–Crippen MR) is 186 cm³/mol. The summed E-state index contributed by atoms with van der Waals surface area (Å²) in [5, 5.41) is 5.95. The molecule has 0 atom stereocenters. The Morgan fingerprint density at radius 1 is 0.867 bits per heavy atom. The third kappa shape index (κ3) is 20.3. The number of amides is 2. The maximum Gasteiger partial charge on any atom is 0.252 e. The molecule has 0 saturated carbocycles. The number of nitrogens with zero attached hydrogens (tertiary/aromatic N) is 3. The molecule has 0 spiro atoms. The first-order chi connectivity index (χ1) is 22.1. The topological polar surface area (TPSA) is 86.8 Å². The van der Waals surface area contributed by atoms with Gasteiger partial charge in [0.05, 0.1) is 18.8 Å². The lowest BCUT2D eigenvalue weighted by atomic mass is 10.2. The fourth-order valence-corrected chi connectivity index (χ4v) is 4.60. The summed E-state index contributed by atoms with van der Waals surface area (Å²) >= 11 is 0. The quantitative estimate of drug-likeness (QED) is 0.122. The van der Waals surface area contributed by atoms with Crippen LogP contribution in [0.3, 0.4) is 0 Å². The number of allylic oxidation sites excluding steroid dienone is 10. The summed E-state index contributed by atoms with van der Waals surface area (Å²) in [6.45, 7) is 9.20. The van der Waals surface area contributed by atoms with E-state index < -0.39 is 0 Å². The normalized spacial score (nSPS) is 14.6. The molecule has 2 amide bonds. The van der Waals surface area contributed by atoms with Gasteiger partial charge in [0.2, 0.25) is 5.91 Å². The second-order valence-electron chi connectivity index (χ2n) is 11.3. The van der Waals surface area contributed by atoms with Crippen molar-refractivity contribution in [3.8, 4) is 0 Å². The minimum absolute atomic E-state index is 0.0879. The van der Waals surface area contributed by atoms with Crippen molar-refractivity contribution in [1.29, 1.82) is 0 Å². The van der Waals surface area contributed by atoms with Crippen LogP contribution >= 0.6 is 0 Å². The van der Waals surface area contributed by atoms with Gasteiger partial charge in [0.25, 0.3) is 5.91 Å². The summed E-state index contributed by atoms with van der Waals surface area (Å²) < 4.78 is 5.39. The van der Waals surface area contributed by atoms with Crippen LogP contribution in [0.25, 0.3) is 0 Å². The van der Waals surface area contributed by atoms with Gasteiger partial charge >= 0.3 is 0 Å². The zero-order valence-corrected chi connectivity index (χ0v) is 27.8. The van der Waals surface area contributed by atoms with Gasteiger partial charge in [0, 0.05) is 70.5 Å². The van der Waals surface area contributed by atoms with E-state index in [1.54, 1.807) is 6.20 Å². The van der Waals surface area contributed by atoms with Crippen LogP contribution in [0.4, 0.5) is 0 Å². The number of hydrogen-bond donors (Lipinski definition) is 2. The van der Waals surface area contributed by atoms with Crippen molar-refractivity contribution in [1.82, 2.24) is 25.4 Å². The van der Waals surface area contributed by atoms with Crippen molar-refractivity contribution in [3.63, 3.8) is 0 Å². The Hall–Kier alpha value is -3.33. The third-order valence-corrected chi connectivity index (χ3v) is 7.40. The van der Waals surface area contributed by atoms with E-state index in [4.69, 9.17) is 4.74 Å². The summed E-state index contributed by atoms with van der Waals surface area (Å²) in [6.07, 6.45) is 31.7. The number of nitrogens with one attached hydrogen (secondary N) is 2. The van der Waals surface area contributed by atoms with Gasteiger partial charge in [-0.05, 0) is 64.1 Å². The highest BCUT2D eigenvalue weighted by Crippen LogP contribution is 2.04. The van der Waals surface area contributed by atoms with E-state index in [1.807, 2.05) is 19.2 Å². The molecule has 1 aromatic rings. The van der Waals surface area contributed by atoms with E-state index in [2.05, 4.69) is 93.1 Å². The molecule has 0 unspecified atom stereocenters. The maximum atomic E-state index is 12.5. The number of carbonyl (C=O) groups is 2. The van der Waals surface area contributed by atoms with E-state index in [1.165, 1.54) is 0 Å². The molecule has 1 aliphatic heterocycles. The van der Waals surface area contributed by atoms with Gasteiger partial charge in [0.15, 0.2) is 0 Å². The average Bonchev–Trinajstić information content (AvgIpc) is 3.06. The molecule has 1 aliphatic rings. The smallest absolute Gasteiger partial charge is 0.252 e. The number of unbranched alkanes of at least 4 members (excludes halogenated alkanes) is 1.